The Kier molecular flexibility index (Phi) is 5.04. The highest BCUT2D eigenvalue weighted by atomic mass is 19.1. The van der Waals surface area contributed by atoms with Crippen LogP contribution in [0, 0.1) is 17.7 Å². The van der Waals surface area contributed by atoms with Crippen molar-refractivity contribution in [2.75, 3.05) is 43.1 Å². The van der Waals surface area contributed by atoms with Crippen LogP contribution in [0.15, 0.2) is 52.6 Å². The predicted molar refractivity (Wildman–Crippen MR) is 126 cm³/mol. The van der Waals surface area contributed by atoms with E-state index in [2.05, 4.69) is 21.4 Å². The van der Waals surface area contributed by atoms with Crippen molar-refractivity contribution < 1.29 is 9.13 Å². The van der Waals surface area contributed by atoms with E-state index in [0.717, 1.165) is 68.7 Å². The van der Waals surface area contributed by atoms with Gasteiger partial charge in [-0.3, -0.25) is 15.4 Å². The molecule has 2 saturated heterocycles. The maximum atomic E-state index is 14.1. The monoisotopic (exact) mass is 449 g/mol. The van der Waals surface area contributed by atoms with Crippen LogP contribution in [0.2, 0.25) is 0 Å². The fourth-order valence-corrected chi connectivity index (χ4v) is 5.56. The summed E-state index contributed by atoms with van der Waals surface area (Å²) in [6, 6.07) is 10.9. The Morgan fingerprint density at radius 2 is 1.97 bits per heavy atom. The van der Waals surface area contributed by atoms with Crippen molar-refractivity contribution in [3.63, 3.8) is 0 Å². The molecule has 2 unspecified atom stereocenters. The summed E-state index contributed by atoms with van der Waals surface area (Å²) in [5.74, 6) is 2.86. The molecule has 2 atom stereocenters. The normalized spacial score (nSPS) is 27.5. The summed E-state index contributed by atoms with van der Waals surface area (Å²) >= 11 is 0. The van der Waals surface area contributed by atoms with Crippen LogP contribution >= 0.6 is 0 Å². The Morgan fingerprint density at radius 3 is 2.76 bits per heavy atom. The molecule has 3 fully saturated rings. The van der Waals surface area contributed by atoms with Crippen LogP contribution in [0.4, 0.5) is 15.8 Å². The standard InChI is InChI=1S/C24H28FN7O/c1-33-21-13-19(8-10-26-21)30-14-16-6-7-17(15-30)22(16)28-23-29-31-11-3-9-27-24(31)32(23)20-5-2-4-18(25)12-20/h2,4-5,8,10,12-13,16-17,22H,3,6-7,9,11,14-15H2,1H3,(H,28,29). The van der Waals surface area contributed by atoms with E-state index in [0.29, 0.717) is 17.7 Å². The van der Waals surface area contributed by atoms with E-state index in [-0.39, 0.29) is 11.9 Å². The molecule has 2 bridgehead atoms. The number of anilines is 2. The van der Waals surface area contributed by atoms with Gasteiger partial charge in [0.05, 0.1) is 18.8 Å². The van der Waals surface area contributed by atoms with Crippen molar-refractivity contribution in [2.45, 2.75) is 25.3 Å². The second-order valence-electron chi connectivity index (χ2n) is 9.12. The third-order valence-electron chi connectivity index (χ3n) is 7.10. The topological polar surface area (TPSA) is 68.6 Å². The highest BCUT2D eigenvalue weighted by molar-refractivity contribution is 6.21. The summed E-state index contributed by atoms with van der Waals surface area (Å²) in [4.78, 5) is 18.6. The average Bonchev–Trinajstić information content (AvgIpc) is 3.31. The quantitative estimate of drug-likeness (QED) is 0.774. The molecule has 1 aliphatic carbocycles. The second-order valence-corrected chi connectivity index (χ2v) is 9.12. The number of guanidine groups is 2. The SMILES string of the molecule is COc1cc(N2CC3CCC(C2)C3N=C2NN3CCCN=C3N2c2cccc(F)c2)ccn1. The number of piperidine rings is 1. The maximum absolute atomic E-state index is 14.1. The Morgan fingerprint density at radius 1 is 1.12 bits per heavy atom. The van der Waals surface area contributed by atoms with Gasteiger partial charge in [-0.15, -0.1) is 0 Å². The molecule has 9 heteroatoms. The first-order valence-electron chi connectivity index (χ1n) is 11.7. The highest BCUT2D eigenvalue weighted by Crippen LogP contribution is 2.41. The molecule has 1 N–H and O–H groups in total. The first-order chi connectivity index (χ1) is 16.2. The Hall–Kier alpha value is -3.36. The van der Waals surface area contributed by atoms with Gasteiger partial charge in [0, 0.05) is 44.1 Å². The number of nitrogens with zero attached hydrogens (tertiary/aromatic N) is 6. The molecule has 1 aromatic carbocycles. The van der Waals surface area contributed by atoms with Gasteiger partial charge in [-0.2, -0.15) is 0 Å². The molecule has 3 aliphatic heterocycles. The van der Waals surface area contributed by atoms with E-state index in [9.17, 15) is 4.39 Å². The van der Waals surface area contributed by atoms with Crippen LogP contribution in [0.1, 0.15) is 19.3 Å². The molecule has 2 aromatic rings. The summed E-state index contributed by atoms with van der Waals surface area (Å²) in [5, 5.41) is 2.04. The summed E-state index contributed by atoms with van der Waals surface area (Å²) < 4.78 is 19.4. The lowest BCUT2D eigenvalue weighted by Crippen LogP contribution is -2.46. The molecule has 0 spiro atoms. The minimum Gasteiger partial charge on any atom is -0.481 e. The lowest BCUT2D eigenvalue weighted by molar-refractivity contribution is 0.348. The van der Waals surface area contributed by atoms with Crippen molar-refractivity contribution >= 4 is 23.3 Å². The molecule has 8 nitrogen and oxygen atoms in total. The summed E-state index contributed by atoms with van der Waals surface area (Å²) in [6.45, 7) is 3.54. The maximum Gasteiger partial charge on any atom is 0.227 e. The van der Waals surface area contributed by atoms with Crippen LogP contribution in [0.5, 0.6) is 5.88 Å². The number of pyridine rings is 1. The van der Waals surface area contributed by atoms with Crippen LogP contribution in [0.3, 0.4) is 0 Å². The lowest BCUT2D eigenvalue weighted by atomic mass is 9.92. The molecular weight excluding hydrogens is 421 g/mol. The van der Waals surface area contributed by atoms with Gasteiger partial charge in [0.25, 0.3) is 0 Å². The van der Waals surface area contributed by atoms with E-state index in [1.54, 1.807) is 25.4 Å². The van der Waals surface area contributed by atoms with Gasteiger partial charge in [0.15, 0.2) is 0 Å². The summed E-state index contributed by atoms with van der Waals surface area (Å²) in [6.07, 6.45) is 5.11. The van der Waals surface area contributed by atoms with Gasteiger partial charge >= 0.3 is 0 Å². The third-order valence-corrected chi connectivity index (χ3v) is 7.10. The Bertz CT molecular complexity index is 1090. The molecule has 1 saturated carbocycles. The van der Waals surface area contributed by atoms with E-state index in [1.807, 2.05) is 22.0 Å². The minimum atomic E-state index is -0.261. The Balaban J connectivity index is 1.29. The molecule has 6 rings (SSSR count). The lowest BCUT2D eigenvalue weighted by Gasteiger charge is -2.38. The van der Waals surface area contributed by atoms with Crippen molar-refractivity contribution in [2.24, 2.45) is 21.8 Å². The Labute approximate surface area is 192 Å². The number of fused-ring (bicyclic) bond motifs is 3. The van der Waals surface area contributed by atoms with Crippen LogP contribution in [0.25, 0.3) is 0 Å². The number of benzene rings is 1. The number of aromatic nitrogens is 1. The van der Waals surface area contributed by atoms with Crippen LogP contribution < -0.4 is 20.0 Å². The van der Waals surface area contributed by atoms with Crippen LogP contribution in [-0.2, 0) is 0 Å². The predicted octanol–water partition coefficient (Wildman–Crippen LogP) is 2.89. The smallest absolute Gasteiger partial charge is 0.227 e. The summed E-state index contributed by atoms with van der Waals surface area (Å²) in [5.41, 5.74) is 5.35. The number of hydrazine groups is 1. The van der Waals surface area contributed by atoms with Gasteiger partial charge < -0.3 is 9.64 Å². The van der Waals surface area contributed by atoms with Crippen molar-refractivity contribution in [1.29, 1.82) is 0 Å². The number of halogens is 1. The molecule has 0 radical (unpaired) electrons. The number of rotatable bonds is 4. The summed E-state index contributed by atoms with van der Waals surface area (Å²) in [7, 11) is 1.65. The van der Waals surface area contributed by atoms with Crippen LogP contribution in [-0.4, -0.2) is 61.2 Å². The number of hydrogen-bond donors (Lipinski definition) is 1. The van der Waals surface area contributed by atoms with Gasteiger partial charge in [-0.25, -0.2) is 19.3 Å². The molecule has 172 valence electrons. The number of aliphatic imine (C=N–C) groups is 2. The number of methoxy groups -OCH3 is 1. The molecule has 0 amide bonds. The first-order valence-corrected chi connectivity index (χ1v) is 11.7. The van der Waals surface area contributed by atoms with Crippen molar-refractivity contribution in [3.05, 3.63) is 48.4 Å². The van der Waals surface area contributed by atoms with Gasteiger partial charge in [0.2, 0.25) is 17.8 Å². The highest BCUT2D eigenvalue weighted by Gasteiger charge is 2.44. The van der Waals surface area contributed by atoms with E-state index in [4.69, 9.17) is 14.7 Å². The van der Waals surface area contributed by atoms with E-state index < -0.39 is 0 Å². The number of ether oxygens (including phenoxy) is 1. The number of nitrogens with one attached hydrogen (secondary N) is 1. The fourth-order valence-electron chi connectivity index (χ4n) is 5.56. The fraction of sp³-hybridized carbons (Fsp3) is 0.458. The minimum absolute atomic E-state index is 0.227. The molecular formula is C24H28FN7O. The average molecular weight is 450 g/mol. The number of hydrogen-bond acceptors (Lipinski definition) is 6. The molecule has 4 aliphatic rings. The largest absolute Gasteiger partial charge is 0.481 e. The molecule has 1 aromatic heterocycles. The van der Waals surface area contributed by atoms with Gasteiger partial charge in [-0.1, -0.05) is 6.07 Å². The zero-order chi connectivity index (χ0) is 22.4. The third kappa shape index (κ3) is 3.65. The van der Waals surface area contributed by atoms with E-state index >= 15 is 0 Å². The van der Waals surface area contributed by atoms with Gasteiger partial charge in [-0.05, 0) is 55.4 Å². The van der Waals surface area contributed by atoms with Gasteiger partial charge in [0.1, 0.15) is 5.82 Å². The zero-order valence-electron chi connectivity index (χ0n) is 18.7. The zero-order valence-corrected chi connectivity index (χ0v) is 18.7. The molecule has 33 heavy (non-hydrogen) atoms. The van der Waals surface area contributed by atoms with Crippen molar-refractivity contribution in [3.8, 4) is 5.88 Å². The first kappa shape index (κ1) is 20.3. The van der Waals surface area contributed by atoms with E-state index in [1.165, 1.54) is 6.07 Å². The second kappa shape index (κ2) is 8.20. The van der Waals surface area contributed by atoms with Crippen molar-refractivity contribution in [1.82, 2.24) is 15.4 Å². The molecule has 4 heterocycles.